The molecule has 29 heavy (non-hydrogen) atoms. The lowest BCUT2D eigenvalue weighted by atomic mass is 9.87. The van der Waals surface area contributed by atoms with Crippen molar-refractivity contribution in [3.05, 3.63) is 59.4 Å². The predicted octanol–water partition coefficient (Wildman–Crippen LogP) is 4.52. The number of amides is 1. The van der Waals surface area contributed by atoms with Gasteiger partial charge in [0, 0.05) is 5.69 Å². The Morgan fingerprint density at radius 2 is 2.07 bits per heavy atom. The number of carbonyl (C=O) groups is 1. The zero-order chi connectivity index (χ0) is 18.8. The number of hydrogen-bond acceptors (Lipinski definition) is 4. The second-order valence-corrected chi connectivity index (χ2v) is 7.87. The van der Waals surface area contributed by atoms with Crippen molar-refractivity contribution in [3.63, 3.8) is 0 Å². The van der Waals surface area contributed by atoms with Gasteiger partial charge >= 0.3 is 0 Å². The molecule has 156 valence electrons. The normalized spacial score (nSPS) is 15.1. The number of anilines is 1. The fourth-order valence-electron chi connectivity index (χ4n) is 3.91. The number of rotatable bonds is 5. The molecule has 3 N–H and O–H groups in total. The van der Waals surface area contributed by atoms with Crippen molar-refractivity contribution >= 4 is 59.2 Å². The number of benzene rings is 2. The van der Waals surface area contributed by atoms with Gasteiger partial charge in [0.1, 0.15) is 12.4 Å². The van der Waals surface area contributed by atoms with Crippen LogP contribution >= 0.6 is 36.6 Å². The van der Waals surface area contributed by atoms with E-state index in [4.69, 9.17) is 10.7 Å². The summed E-state index contributed by atoms with van der Waals surface area (Å²) >= 11 is 1.71. The van der Waals surface area contributed by atoms with E-state index in [2.05, 4.69) is 17.6 Å². The van der Waals surface area contributed by atoms with Crippen LogP contribution < -0.4 is 11.1 Å². The summed E-state index contributed by atoms with van der Waals surface area (Å²) < 4.78 is 2.04. The van der Waals surface area contributed by atoms with Crippen molar-refractivity contribution in [1.82, 2.24) is 14.9 Å². The number of imidazole rings is 1. The van der Waals surface area contributed by atoms with Crippen LogP contribution in [0.2, 0.25) is 0 Å². The van der Waals surface area contributed by atoms with Crippen LogP contribution in [0.15, 0.2) is 42.5 Å². The van der Waals surface area contributed by atoms with E-state index in [1.165, 1.54) is 11.1 Å². The average Bonchev–Trinajstić information content (AvgIpc) is 2.99. The molecule has 0 saturated carbocycles. The molecule has 8 heteroatoms. The molecule has 1 aliphatic carbocycles. The van der Waals surface area contributed by atoms with Crippen LogP contribution in [-0.4, -0.2) is 21.7 Å². The minimum absolute atomic E-state index is 0. The molecule has 3 aromatic rings. The van der Waals surface area contributed by atoms with Gasteiger partial charge in [-0.2, -0.15) is 11.8 Å². The van der Waals surface area contributed by atoms with Gasteiger partial charge in [-0.1, -0.05) is 18.2 Å². The zero-order valence-corrected chi connectivity index (χ0v) is 18.7. The molecule has 1 unspecified atom stereocenters. The first-order valence-corrected chi connectivity index (χ1v) is 10.7. The highest BCUT2D eigenvalue weighted by Crippen LogP contribution is 2.31. The number of carbonyl (C=O) groups excluding carboxylic acids is 1. The highest BCUT2D eigenvalue weighted by atomic mass is 35.5. The minimum Gasteiger partial charge on any atom is -0.399 e. The molecular weight excluding hydrogens is 427 g/mol. The molecule has 0 fully saturated rings. The monoisotopic (exact) mass is 452 g/mol. The maximum atomic E-state index is 12.9. The van der Waals surface area contributed by atoms with Gasteiger partial charge in [0.2, 0.25) is 5.91 Å². The third-order valence-corrected chi connectivity index (χ3v) is 5.67. The number of nitrogen functional groups attached to an aromatic ring is 1. The molecule has 1 atom stereocenters. The fraction of sp³-hybridized carbons (Fsp3) is 0.333. The molecule has 0 saturated heterocycles. The molecule has 0 bridgehead atoms. The molecule has 0 spiro atoms. The van der Waals surface area contributed by atoms with Crippen molar-refractivity contribution in [1.29, 1.82) is 0 Å². The summed E-state index contributed by atoms with van der Waals surface area (Å²) in [5.41, 5.74) is 11.1. The van der Waals surface area contributed by atoms with Crippen LogP contribution in [0, 0.1) is 0 Å². The van der Waals surface area contributed by atoms with Crippen LogP contribution in [-0.2, 0) is 23.5 Å². The Labute approximate surface area is 187 Å². The van der Waals surface area contributed by atoms with Gasteiger partial charge in [-0.05, 0) is 60.9 Å². The molecule has 1 heterocycles. The van der Waals surface area contributed by atoms with Crippen LogP contribution in [0.1, 0.15) is 35.8 Å². The number of aromatic nitrogens is 2. The number of nitrogens with one attached hydrogen (secondary N) is 1. The Hall–Kier alpha value is -1.89. The molecule has 5 nitrogen and oxygen atoms in total. The van der Waals surface area contributed by atoms with Gasteiger partial charge in [0.15, 0.2) is 0 Å². The topological polar surface area (TPSA) is 72.9 Å². The Bertz CT molecular complexity index is 992. The molecule has 1 amide bonds. The Morgan fingerprint density at radius 1 is 1.28 bits per heavy atom. The second kappa shape index (κ2) is 10.2. The van der Waals surface area contributed by atoms with E-state index in [0.29, 0.717) is 0 Å². The number of thioether (sulfide) groups is 1. The lowest BCUT2D eigenvalue weighted by Crippen LogP contribution is -2.33. The number of nitrogens with zero attached hydrogens (tertiary/aromatic N) is 2. The first-order valence-electron chi connectivity index (χ1n) is 9.26. The van der Waals surface area contributed by atoms with Crippen molar-refractivity contribution in [2.24, 2.45) is 0 Å². The standard InChI is InChI=1S/C21H24N4OS.2ClH/c1-27-13-20-23-18-6-2-3-8-19(18)25(20)12-21(26)24-17-7-4-5-14-11-15(22)9-10-16(14)17;;/h2-3,6,8-11,17H,4-5,7,12-13,22H2,1H3,(H,24,26);2*1H. The summed E-state index contributed by atoms with van der Waals surface area (Å²) in [5.74, 6) is 1.75. The van der Waals surface area contributed by atoms with Crippen LogP contribution in [0.4, 0.5) is 5.69 Å². The maximum Gasteiger partial charge on any atom is 0.240 e. The van der Waals surface area contributed by atoms with E-state index in [9.17, 15) is 4.79 Å². The Kier molecular flexibility index (Phi) is 8.25. The van der Waals surface area contributed by atoms with E-state index in [1.807, 2.05) is 41.0 Å². The number of para-hydroxylation sites is 2. The summed E-state index contributed by atoms with van der Waals surface area (Å²) in [4.78, 5) is 17.6. The van der Waals surface area contributed by atoms with Crippen LogP contribution in [0.3, 0.4) is 0 Å². The SMILES string of the molecule is CSCc1nc2ccccc2n1CC(=O)NC1CCCc2cc(N)ccc21.Cl.Cl. The highest BCUT2D eigenvalue weighted by molar-refractivity contribution is 7.97. The minimum atomic E-state index is 0. The summed E-state index contributed by atoms with van der Waals surface area (Å²) in [6, 6.07) is 14.1. The van der Waals surface area contributed by atoms with Gasteiger partial charge in [-0.3, -0.25) is 4.79 Å². The first-order chi connectivity index (χ1) is 13.2. The van der Waals surface area contributed by atoms with Crippen molar-refractivity contribution in [3.8, 4) is 0 Å². The van der Waals surface area contributed by atoms with E-state index in [0.717, 1.165) is 47.6 Å². The van der Waals surface area contributed by atoms with Crippen molar-refractivity contribution in [2.75, 3.05) is 12.0 Å². The fourth-order valence-corrected chi connectivity index (χ4v) is 4.39. The third-order valence-electron chi connectivity index (χ3n) is 5.13. The van der Waals surface area contributed by atoms with Gasteiger partial charge < -0.3 is 15.6 Å². The molecular formula is C21H26Cl2N4OS. The summed E-state index contributed by atoms with van der Waals surface area (Å²) in [6.07, 6.45) is 5.10. The van der Waals surface area contributed by atoms with E-state index < -0.39 is 0 Å². The van der Waals surface area contributed by atoms with Gasteiger partial charge in [0.25, 0.3) is 0 Å². The van der Waals surface area contributed by atoms with E-state index in [-0.39, 0.29) is 43.3 Å². The van der Waals surface area contributed by atoms with Crippen molar-refractivity contribution in [2.45, 2.75) is 37.6 Å². The Morgan fingerprint density at radius 3 is 2.86 bits per heavy atom. The number of halogens is 2. The van der Waals surface area contributed by atoms with Crippen molar-refractivity contribution < 1.29 is 4.79 Å². The number of aryl methyl sites for hydroxylation is 1. The van der Waals surface area contributed by atoms with Crippen LogP contribution in [0.5, 0.6) is 0 Å². The lowest BCUT2D eigenvalue weighted by Gasteiger charge is -2.27. The summed E-state index contributed by atoms with van der Waals surface area (Å²) in [7, 11) is 0. The summed E-state index contributed by atoms with van der Waals surface area (Å²) in [5, 5.41) is 3.23. The maximum absolute atomic E-state index is 12.9. The Balaban J connectivity index is 0.00000150. The van der Waals surface area contributed by atoms with E-state index in [1.54, 1.807) is 11.8 Å². The largest absolute Gasteiger partial charge is 0.399 e. The molecule has 1 aliphatic rings. The molecule has 0 aliphatic heterocycles. The highest BCUT2D eigenvalue weighted by Gasteiger charge is 2.22. The molecule has 2 aromatic carbocycles. The quantitative estimate of drug-likeness (QED) is 0.558. The third kappa shape index (κ3) is 5.00. The second-order valence-electron chi connectivity index (χ2n) is 7.01. The number of fused-ring (bicyclic) bond motifs is 2. The average molecular weight is 453 g/mol. The van der Waals surface area contributed by atoms with E-state index >= 15 is 0 Å². The summed E-state index contributed by atoms with van der Waals surface area (Å²) in [6.45, 7) is 0.289. The van der Waals surface area contributed by atoms with Crippen LogP contribution in [0.25, 0.3) is 11.0 Å². The molecule has 1 aromatic heterocycles. The van der Waals surface area contributed by atoms with Gasteiger partial charge in [-0.25, -0.2) is 4.98 Å². The van der Waals surface area contributed by atoms with Gasteiger partial charge in [-0.15, -0.1) is 24.8 Å². The number of hydrogen-bond donors (Lipinski definition) is 2. The molecule has 0 radical (unpaired) electrons. The molecule has 4 rings (SSSR count). The lowest BCUT2D eigenvalue weighted by molar-refractivity contribution is -0.122. The zero-order valence-electron chi connectivity index (χ0n) is 16.3. The van der Waals surface area contributed by atoms with Gasteiger partial charge in [0.05, 0.1) is 22.8 Å². The smallest absolute Gasteiger partial charge is 0.240 e. The first kappa shape index (κ1) is 23.4. The number of nitrogens with two attached hydrogens (primary N) is 1. The predicted molar refractivity (Wildman–Crippen MR) is 126 cm³/mol.